The fraction of sp³-hybridized carbons (Fsp3) is 0.533. The maximum atomic E-state index is 12.1. The largest absolute Gasteiger partial charge is 0.384 e. The molecule has 1 amide bonds. The number of rotatable bonds is 3. The maximum absolute atomic E-state index is 12.1. The van der Waals surface area contributed by atoms with Crippen molar-refractivity contribution in [2.24, 2.45) is 11.3 Å². The summed E-state index contributed by atoms with van der Waals surface area (Å²) in [6, 6.07) is 5.94. The minimum atomic E-state index is 0. The average Bonchev–Trinajstić information content (AvgIpc) is 2.77. The molecule has 0 aromatic heterocycles. The van der Waals surface area contributed by atoms with Gasteiger partial charge in [0.05, 0.1) is 0 Å². The molecule has 1 atom stereocenters. The van der Waals surface area contributed by atoms with Gasteiger partial charge in [0.1, 0.15) is 0 Å². The van der Waals surface area contributed by atoms with E-state index in [0.29, 0.717) is 11.3 Å². The molecule has 1 aromatic carbocycles. The molecule has 2 N–H and O–H groups in total. The number of carbonyl (C=O) groups excluding carboxylic acids is 1. The number of carbonyl (C=O) groups is 1. The van der Waals surface area contributed by atoms with Gasteiger partial charge >= 0.3 is 0 Å². The lowest BCUT2D eigenvalue weighted by Crippen LogP contribution is -2.26. The molecule has 1 saturated carbocycles. The van der Waals surface area contributed by atoms with Crippen LogP contribution in [0.1, 0.15) is 36.2 Å². The topological polar surface area (TPSA) is 41.1 Å². The van der Waals surface area contributed by atoms with Gasteiger partial charge in [-0.25, -0.2) is 0 Å². The van der Waals surface area contributed by atoms with Crippen LogP contribution in [0.4, 0.5) is 5.69 Å². The predicted octanol–water partition coefficient (Wildman–Crippen LogP) is 2.85. The lowest BCUT2D eigenvalue weighted by molar-refractivity contribution is 0.0950. The van der Waals surface area contributed by atoms with Gasteiger partial charge in [-0.05, 0) is 47.9 Å². The highest BCUT2D eigenvalue weighted by Gasteiger charge is 2.45. The summed E-state index contributed by atoms with van der Waals surface area (Å²) in [7, 11) is 0. The van der Waals surface area contributed by atoms with Crippen LogP contribution >= 0.6 is 12.4 Å². The van der Waals surface area contributed by atoms with Gasteiger partial charge in [0, 0.05) is 24.3 Å². The average molecular weight is 281 g/mol. The molecule has 1 aliphatic carbocycles. The van der Waals surface area contributed by atoms with Gasteiger partial charge in [-0.2, -0.15) is 0 Å². The van der Waals surface area contributed by atoms with E-state index in [1.54, 1.807) is 0 Å². The van der Waals surface area contributed by atoms with Gasteiger partial charge in [0.2, 0.25) is 0 Å². The maximum Gasteiger partial charge on any atom is 0.251 e. The van der Waals surface area contributed by atoms with Crippen LogP contribution in [0.3, 0.4) is 0 Å². The first-order valence-electron chi connectivity index (χ1n) is 6.71. The summed E-state index contributed by atoms with van der Waals surface area (Å²) in [6.07, 6.45) is 2.24. The van der Waals surface area contributed by atoms with Crippen molar-refractivity contribution in [2.75, 3.05) is 18.4 Å². The van der Waals surface area contributed by atoms with Crippen molar-refractivity contribution in [2.45, 2.75) is 26.7 Å². The Morgan fingerprint density at radius 2 is 2.21 bits per heavy atom. The molecule has 1 aliphatic heterocycles. The van der Waals surface area contributed by atoms with Crippen LogP contribution in [0.15, 0.2) is 18.2 Å². The summed E-state index contributed by atoms with van der Waals surface area (Å²) in [5.74, 6) is 0.713. The van der Waals surface area contributed by atoms with Crippen molar-refractivity contribution < 1.29 is 4.79 Å². The van der Waals surface area contributed by atoms with Crippen molar-refractivity contribution in [3.63, 3.8) is 0 Å². The van der Waals surface area contributed by atoms with Crippen molar-refractivity contribution in [3.8, 4) is 0 Å². The molecule has 1 aromatic rings. The molecule has 1 unspecified atom stereocenters. The summed E-state index contributed by atoms with van der Waals surface area (Å²) in [5, 5.41) is 6.35. The third-order valence-electron chi connectivity index (χ3n) is 4.30. The van der Waals surface area contributed by atoms with Crippen molar-refractivity contribution >= 4 is 24.0 Å². The number of halogens is 1. The predicted molar refractivity (Wildman–Crippen MR) is 80.1 cm³/mol. The Balaban J connectivity index is 0.00000133. The van der Waals surface area contributed by atoms with Crippen molar-refractivity contribution in [3.05, 3.63) is 29.3 Å². The molecule has 1 heterocycles. The Hall–Kier alpha value is -1.22. The van der Waals surface area contributed by atoms with Crippen molar-refractivity contribution in [1.29, 1.82) is 0 Å². The minimum Gasteiger partial charge on any atom is -0.384 e. The van der Waals surface area contributed by atoms with Crippen LogP contribution in [-0.2, 0) is 6.42 Å². The lowest BCUT2D eigenvalue weighted by Gasteiger charge is -2.08. The molecule has 2 aliphatic rings. The molecule has 0 saturated heterocycles. The standard InChI is InChI=1S/C15H20N2O.ClH/c1-15(2)8-12(15)9-17-14(18)11-3-4-13-10(7-11)5-6-16-13;/h3-4,7,12,16H,5-6,8-9H2,1-2H3,(H,17,18);1H. The monoisotopic (exact) mass is 280 g/mol. The molecule has 1 fully saturated rings. The molecule has 19 heavy (non-hydrogen) atoms. The van der Waals surface area contributed by atoms with E-state index in [4.69, 9.17) is 0 Å². The lowest BCUT2D eigenvalue weighted by atomic mass is 10.1. The SMILES string of the molecule is CC1(C)CC1CNC(=O)c1ccc2c(c1)CCN2.Cl. The van der Waals surface area contributed by atoms with Crippen LogP contribution in [-0.4, -0.2) is 19.0 Å². The van der Waals surface area contributed by atoms with Gasteiger partial charge < -0.3 is 10.6 Å². The van der Waals surface area contributed by atoms with Gasteiger partial charge in [-0.1, -0.05) is 13.8 Å². The third kappa shape index (κ3) is 2.86. The third-order valence-corrected chi connectivity index (χ3v) is 4.30. The number of hydrogen-bond donors (Lipinski definition) is 2. The summed E-state index contributed by atoms with van der Waals surface area (Å²) in [5.41, 5.74) is 3.65. The van der Waals surface area contributed by atoms with Gasteiger partial charge in [0.15, 0.2) is 0 Å². The molecule has 104 valence electrons. The Kier molecular flexibility index (Phi) is 3.77. The van der Waals surface area contributed by atoms with E-state index in [-0.39, 0.29) is 18.3 Å². The van der Waals surface area contributed by atoms with E-state index in [2.05, 4.69) is 24.5 Å². The van der Waals surface area contributed by atoms with Crippen LogP contribution in [0.2, 0.25) is 0 Å². The van der Waals surface area contributed by atoms with Crippen LogP contribution in [0.5, 0.6) is 0 Å². The first-order chi connectivity index (χ1) is 8.56. The first-order valence-corrected chi connectivity index (χ1v) is 6.71. The molecular formula is C15H21ClN2O. The number of fused-ring (bicyclic) bond motifs is 1. The normalized spacial score (nSPS) is 21.9. The summed E-state index contributed by atoms with van der Waals surface area (Å²) in [6.45, 7) is 6.30. The van der Waals surface area contributed by atoms with Crippen molar-refractivity contribution in [1.82, 2.24) is 5.32 Å². The summed E-state index contributed by atoms with van der Waals surface area (Å²) < 4.78 is 0. The molecule has 0 spiro atoms. The zero-order valence-electron chi connectivity index (χ0n) is 11.5. The number of hydrogen-bond acceptors (Lipinski definition) is 2. The second kappa shape index (κ2) is 5.04. The van der Waals surface area contributed by atoms with E-state index in [9.17, 15) is 4.79 Å². The highest BCUT2D eigenvalue weighted by atomic mass is 35.5. The molecule has 4 heteroatoms. The highest BCUT2D eigenvalue weighted by Crippen LogP contribution is 2.50. The number of amides is 1. The van der Waals surface area contributed by atoms with Gasteiger partial charge in [0.25, 0.3) is 5.91 Å². The Labute approximate surface area is 120 Å². The van der Waals surface area contributed by atoms with E-state index in [0.717, 1.165) is 25.1 Å². The molecular weight excluding hydrogens is 260 g/mol. The minimum absolute atomic E-state index is 0. The zero-order valence-corrected chi connectivity index (χ0v) is 12.3. The fourth-order valence-corrected chi connectivity index (χ4v) is 2.69. The van der Waals surface area contributed by atoms with E-state index in [1.807, 2.05) is 18.2 Å². The summed E-state index contributed by atoms with van der Waals surface area (Å²) in [4.78, 5) is 12.1. The summed E-state index contributed by atoms with van der Waals surface area (Å²) >= 11 is 0. The molecule has 0 radical (unpaired) electrons. The Morgan fingerprint density at radius 1 is 1.47 bits per heavy atom. The van der Waals surface area contributed by atoms with Crippen LogP contribution < -0.4 is 10.6 Å². The zero-order chi connectivity index (χ0) is 12.8. The Morgan fingerprint density at radius 3 is 2.89 bits per heavy atom. The van der Waals surface area contributed by atoms with Crippen LogP contribution in [0.25, 0.3) is 0 Å². The highest BCUT2D eigenvalue weighted by molar-refractivity contribution is 5.95. The van der Waals surface area contributed by atoms with Gasteiger partial charge in [-0.3, -0.25) is 4.79 Å². The quantitative estimate of drug-likeness (QED) is 0.894. The van der Waals surface area contributed by atoms with E-state index in [1.165, 1.54) is 17.7 Å². The van der Waals surface area contributed by atoms with Gasteiger partial charge in [-0.15, -0.1) is 12.4 Å². The number of benzene rings is 1. The van der Waals surface area contributed by atoms with Crippen LogP contribution in [0, 0.1) is 11.3 Å². The van der Waals surface area contributed by atoms with E-state index >= 15 is 0 Å². The second-order valence-corrected chi connectivity index (χ2v) is 6.15. The number of nitrogens with one attached hydrogen (secondary N) is 2. The molecule has 0 bridgehead atoms. The molecule has 3 nitrogen and oxygen atoms in total. The molecule has 3 rings (SSSR count). The Bertz CT molecular complexity index is 499. The fourth-order valence-electron chi connectivity index (χ4n) is 2.69. The van der Waals surface area contributed by atoms with E-state index < -0.39 is 0 Å². The number of anilines is 1. The second-order valence-electron chi connectivity index (χ2n) is 6.15. The first kappa shape index (κ1) is 14.2. The smallest absolute Gasteiger partial charge is 0.251 e.